The SMILES string of the molecule is C#CCNC(=O)C1CCCN(C(=O)c2ccc(OC)c3ccccc23)C1. The van der Waals surface area contributed by atoms with Crippen molar-refractivity contribution in [1.29, 1.82) is 0 Å². The zero-order chi connectivity index (χ0) is 18.5. The van der Waals surface area contributed by atoms with Crippen molar-refractivity contribution in [3.05, 3.63) is 42.0 Å². The molecule has 0 spiro atoms. The highest BCUT2D eigenvalue weighted by Gasteiger charge is 2.29. The number of amides is 2. The number of nitrogens with one attached hydrogen (secondary N) is 1. The second kappa shape index (κ2) is 7.92. The molecule has 1 saturated heterocycles. The minimum Gasteiger partial charge on any atom is -0.496 e. The molecule has 26 heavy (non-hydrogen) atoms. The van der Waals surface area contributed by atoms with Crippen LogP contribution in [0.5, 0.6) is 5.75 Å². The summed E-state index contributed by atoms with van der Waals surface area (Å²) in [5, 5.41) is 4.48. The first-order valence-electron chi connectivity index (χ1n) is 8.72. The van der Waals surface area contributed by atoms with Gasteiger partial charge in [-0.25, -0.2) is 0 Å². The second-order valence-electron chi connectivity index (χ2n) is 6.37. The van der Waals surface area contributed by atoms with Crippen molar-refractivity contribution in [2.75, 3.05) is 26.7 Å². The Morgan fingerprint density at radius 3 is 2.77 bits per heavy atom. The minimum atomic E-state index is -0.217. The van der Waals surface area contributed by atoms with E-state index in [4.69, 9.17) is 11.2 Å². The minimum absolute atomic E-state index is 0.0571. The normalized spacial score (nSPS) is 16.8. The van der Waals surface area contributed by atoms with Crippen LogP contribution < -0.4 is 10.1 Å². The van der Waals surface area contributed by atoms with E-state index in [1.165, 1.54) is 0 Å². The van der Waals surface area contributed by atoms with Crippen molar-refractivity contribution in [1.82, 2.24) is 10.2 Å². The van der Waals surface area contributed by atoms with E-state index in [0.29, 0.717) is 18.7 Å². The summed E-state index contributed by atoms with van der Waals surface area (Å²) < 4.78 is 5.40. The molecule has 0 aliphatic carbocycles. The highest BCUT2D eigenvalue weighted by molar-refractivity contribution is 6.08. The summed E-state index contributed by atoms with van der Waals surface area (Å²) in [6, 6.07) is 11.3. The van der Waals surface area contributed by atoms with Gasteiger partial charge in [0, 0.05) is 24.0 Å². The zero-order valence-electron chi connectivity index (χ0n) is 14.8. The van der Waals surface area contributed by atoms with Crippen LogP contribution in [0.2, 0.25) is 0 Å². The molecule has 1 atom stereocenters. The maximum atomic E-state index is 13.1. The highest BCUT2D eigenvalue weighted by Crippen LogP contribution is 2.30. The number of hydrogen-bond acceptors (Lipinski definition) is 3. The monoisotopic (exact) mass is 350 g/mol. The largest absolute Gasteiger partial charge is 0.496 e. The molecule has 1 unspecified atom stereocenters. The summed E-state index contributed by atoms with van der Waals surface area (Å²) in [6.45, 7) is 1.28. The van der Waals surface area contributed by atoms with E-state index in [1.807, 2.05) is 30.3 Å². The molecule has 3 rings (SSSR count). The van der Waals surface area contributed by atoms with Gasteiger partial charge in [0.1, 0.15) is 5.75 Å². The van der Waals surface area contributed by atoms with Crippen LogP contribution in [0.25, 0.3) is 10.8 Å². The Balaban J connectivity index is 1.84. The van der Waals surface area contributed by atoms with Crippen molar-refractivity contribution < 1.29 is 14.3 Å². The fourth-order valence-electron chi connectivity index (χ4n) is 3.46. The topological polar surface area (TPSA) is 58.6 Å². The number of piperidine rings is 1. The predicted molar refractivity (Wildman–Crippen MR) is 101 cm³/mol. The standard InChI is InChI=1S/C21H22N2O3/c1-3-12-22-20(24)15-7-6-13-23(14-15)21(25)18-10-11-19(26-2)17-9-5-4-8-16(17)18/h1,4-5,8-11,15H,6-7,12-14H2,2H3,(H,22,24). The maximum absolute atomic E-state index is 13.1. The molecule has 1 aliphatic rings. The lowest BCUT2D eigenvalue weighted by Crippen LogP contribution is -2.45. The molecule has 0 aromatic heterocycles. The third-order valence-corrected chi connectivity index (χ3v) is 4.78. The quantitative estimate of drug-likeness (QED) is 0.862. The number of hydrogen-bond donors (Lipinski definition) is 1. The van der Waals surface area contributed by atoms with Crippen LogP contribution in [0.4, 0.5) is 0 Å². The lowest BCUT2D eigenvalue weighted by Gasteiger charge is -2.32. The Hall–Kier alpha value is -3.00. The van der Waals surface area contributed by atoms with E-state index in [1.54, 1.807) is 18.1 Å². The molecule has 5 heteroatoms. The van der Waals surface area contributed by atoms with E-state index < -0.39 is 0 Å². The molecule has 2 aromatic rings. The van der Waals surface area contributed by atoms with Crippen molar-refractivity contribution in [2.45, 2.75) is 12.8 Å². The van der Waals surface area contributed by atoms with Crippen LogP contribution in [0.1, 0.15) is 23.2 Å². The van der Waals surface area contributed by atoms with Crippen molar-refractivity contribution in [2.24, 2.45) is 5.92 Å². The molecule has 1 aliphatic heterocycles. The van der Waals surface area contributed by atoms with Crippen LogP contribution in [0.3, 0.4) is 0 Å². The van der Waals surface area contributed by atoms with Gasteiger partial charge in [0.15, 0.2) is 0 Å². The van der Waals surface area contributed by atoms with E-state index in [9.17, 15) is 9.59 Å². The number of rotatable bonds is 4. The number of carbonyl (C=O) groups excluding carboxylic acids is 2. The molecule has 0 bridgehead atoms. The number of benzene rings is 2. The number of ether oxygens (including phenoxy) is 1. The smallest absolute Gasteiger partial charge is 0.254 e. The van der Waals surface area contributed by atoms with Crippen LogP contribution in [-0.2, 0) is 4.79 Å². The Bertz CT molecular complexity index is 869. The third-order valence-electron chi connectivity index (χ3n) is 4.78. The van der Waals surface area contributed by atoms with Gasteiger partial charge in [-0.3, -0.25) is 9.59 Å². The summed E-state index contributed by atoms with van der Waals surface area (Å²) in [4.78, 5) is 27.1. The third kappa shape index (κ3) is 3.50. The molecule has 5 nitrogen and oxygen atoms in total. The molecule has 1 heterocycles. The van der Waals surface area contributed by atoms with Gasteiger partial charge in [-0.2, -0.15) is 0 Å². The van der Waals surface area contributed by atoms with Gasteiger partial charge >= 0.3 is 0 Å². The summed E-state index contributed by atoms with van der Waals surface area (Å²) >= 11 is 0. The average Bonchev–Trinajstić information content (AvgIpc) is 2.70. The first-order valence-corrected chi connectivity index (χ1v) is 8.72. The van der Waals surface area contributed by atoms with Crippen molar-refractivity contribution in [3.63, 3.8) is 0 Å². The number of terminal acetylenes is 1. The Kier molecular flexibility index (Phi) is 5.43. The molecule has 2 aromatic carbocycles. The van der Waals surface area contributed by atoms with Crippen LogP contribution in [0, 0.1) is 18.3 Å². The number of carbonyl (C=O) groups is 2. The number of nitrogens with zero attached hydrogens (tertiary/aromatic N) is 1. The first kappa shape index (κ1) is 17.8. The molecule has 0 saturated carbocycles. The maximum Gasteiger partial charge on any atom is 0.254 e. The molecule has 134 valence electrons. The van der Waals surface area contributed by atoms with Gasteiger partial charge < -0.3 is 15.0 Å². The van der Waals surface area contributed by atoms with Gasteiger partial charge in [-0.05, 0) is 30.4 Å². The van der Waals surface area contributed by atoms with Crippen molar-refractivity contribution in [3.8, 4) is 18.1 Å². The lowest BCUT2D eigenvalue weighted by molar-refractivity contribution is -0.126. The summed E-state index contributed by atoms with van der Waals surface area (Å²) in [7, 11) is 1.62. The van der Waals surface area contributed by atoms with Gasteiger partial charge in [0.25, 0.3) is 5.91 Å². The molecule has 1 N–H and O–H groups in total. The molecular formula is C21H22N2O3. The molecule has 0 radical (unpaired) electrons. The molecular weight excluding hydrogens is 328 g/mol. The van der Waals surface area contributed by atoms with Gasteiger partial charge in [-0.1, -0.05) is 30.2 Å². The van der Waals surface area contributed by atoms with Gasteiger partial charge in [0.2, 0.25) is 5.91 Å². The summed E-state index contributed by atoms with van der Waals surface area (Å²) in [6.07, 6.45) is 6.76. The van der Waals surface area contributed by atoms with E-state index in [0.717, 1.165) is 29.4 Å². The fraction of sp³-hybridized carbons (Fsp3) is 0.333. The van der Waals surface area contributed by atoms with Gasteiger partial charge in [0.05, 0.1) is 19.6 Å². The van der Waals surface area contributed by atoms with Crippen LogP contribution in [-0.4, -0.2) is 43.5 Å². The molecule has 1 fully saturated rings. The van der Waals surface area contributed by atoms with Crippen LogP contribution >= 0.6 is 0 Å². The Morgan fingerprint density at radius 1 is 1.27 bits per heavy atom. The van der Waals surface area contributed by atoms with Crippen LogP contribution in [0.15, 0.2) is 36.4 Å². The first-order chi connectivity index (χ1) is 12.7. The highest BCUT2D eigenvalue weighted by atomic mass is 16.5. The summed E-state index contributed by atoms with van der Waals surface area (Å²) in [5.74, 6) is 2.78. The molecule has 2 amide bonds. The number of methoxy groups -OCH3 is 1. The van der Waals surface area contributed by atoms with Gasteiger partial charge in [-0.15, -0.1) is 6.42 Å². The second-order valence-corrected chi connectivity index (χ2v) is 6.37. The van der Waals surface area contributed by atoms with E-state index in [2.05, 4.69) is 11.2 Å². The Labute approximate surface area is 153 Å². The Morgan fingerprint density at radius 2 is 2.04 bits per heavy atom. The fourth-order valence-corrected chi connectivity index (χ4v) is 3.46. The number of fused-ring (bicyclic) bond motifs is 1. The lowest BCUT2D eigenvalue weighted by atomic mass is 9.95. The van der Waals surface area contributed by atoms with E-state index in [-0.39, 0.29) is 24.3 Å². The van der Waals surface area contributed by atoms with E-state index >= 15 is 0 Å². The predicted octanol–water partition coefficient (Wildman–Crippen LogP) is 2.45. The average molecular weight is 350 g/mol. The summed E-state index contributed by atoms with van der Waals surface area (Å²) in [5.41, 5.74) is 0.631. The van der Waals surface area contributed by atoms with Crippen molar-refractivity contribution >= 4 is 22.6 Å². The zero-order valence-corrected chi connectivity index (χ0v) is 14.8. The number of likely N-dealkylation sites (tertiary alicyclic amines) is 1.